The third-order valence-electron chi connectivity index (χ3n) is 2.36. The van der Waals surface area contributed by atoms with Crippen LogP contribution in [0.4, 0.5) is 0 Å². The molecule has 2 rings (SSSR count). The van der Waals surface area contributed by atoms with Crippen LogP contribution >= 0.6 is 0 Å². The first-order valence-electron chi connectivity index (χ1n) is 4.87. The minimum Gasteiger partial charge on any atom is -0.507 e. The Morgan fingerprint density at radius 3 is 2.69 bits per heavy atom. The van der Waals surface area contributed by atoms with Gasteiger partial charge in [0.2, 0.25) is 5.91 Å². The molecule has 0 unspecified atom stereocenters. The molecule has 0 aliphatic heterocycles. The van der Waals surface area contributed by atoms with Crippen LogP contribution < -0.4 is 5.73 Å². The molecule has 2 aromatic rings. The van der Waals surface area contributed by atoms with Crippen molar-refractivity contribution in [1.29, 1.82) is 0 Å². The van der Waals surface area contributed by atoms with Crippen LogP contribution in [0.2, 0.25) is 0 Å². The minimum absolute atomic E-state index is 0.135. The standard InChI is InChI=1S/C13H11NO2/c14-13(16)8-6-11-10-4-2-1-3-9(10)5-7-12(11)15/h1-8,15H,(H2,14,16)/b8-6+. The van der Waals surface area contributed by atoms with Crippen LogP contribution in [0, 0.1) is 0 Å². The van der Waals surface area contributed by atoms with Crippen molar-refractivity contribution in [2.24, 2.45) is 5.73 Å². The number of hydrogen-bond donors (Lipinski definition) is 2. The third-order valence-corrected chi connectivity index (χ3v) is 2.36. The summed E-state index contributed by atoms with van der Waals surface area (Å²) in [4.78, 5) is 10.7. The lowest BCUT2D eigenvalue weighted by atomic mass is 10.0. The summed E-state index contributed by atoms with van der Waals surface area (Å²) in [5.41, 5.74) is 5.64. The van der Waals surface area contributed by atoms with Gasteiger partial charge in [0.15, 0.2) is 0 Å². The predicted molar refractivity (Wildman–Crippen MR) is 63.8 cm³/mol. The number of amides is 1. The Hall–Kier alpha value is -2.29. The van der Waals surface area contributed by atoms with E-state index in [0.29, 0.717) is 5.56 Å². The number of benzene rings is 2. The molecule has 0 spiro atoms. The molecule has 3 N–H and O–H groups in total. The number of carbonyl (C=O) groups excluding carboxylic acids is 1. The summed E-state index contributed by atoms with van der Waals surface area (Å²) in [6.45, 7) is 0. The molecule has 0 aliphatic rings. The summed E-state index contributed by atoms with van der Waals surface area (Å²) in [5, 5.41) is 11.6. The van der Waals surface area contributed by atoms with Gasteiger partial charge in [-0.25, -0.2) is 0 Å². The highest BCUT2D eigenvalue weighted by molar-refractivity contribution is 5.97. The highest BCUT2D eigenvalue weighted by Gasteiger charge is 2.03. The van der Waals surface area contributed by atoms with E-state index in [1.54, 1.807) is 6.07 Å². The SMILES string of the molecule is NC(=O)/C=C/c1c(O)ccc2ccccc12. The fourth-order valence-electron chi connectivity index (χ4n) is 1.62. The summed E-state index contributed by atoms with van der Waals surface area (Å²) in [6.07, 6.45) is 2.77. The highest BCUT2D eigenvalue weighted by atomic mass is 16.3. The van der Waals surface area contributed by atoms with Gasteiger partial charge in [0.05, 0.1) is 0 Å². The van der Waals surface area contributed by atoms with Gasteiger partial charge in [0, 0.05) is 11.6 Å². The zero-order valence-corrected chi connectivity index (χ0v) is 8.55. The molecule has 1 amide bonds. The number of nitrogens with two attached hydrogens (primary N) is 1. The van der Waals surface area contributed by atoms with Crippen molar-refractivity contribution in [2.45, 2.75) is 0 Å². The van der Waals surface area contributed by atoms with Crippen LogP contribution in [0.15, 0.2) is 42.5 Å². The molecule has 0 heterocycles. The molecular weight excluding hydrogens is 202 g/mol. The van der Waals surface area contributed by atoms with Crippen molar-refractivity contribution in [3.63, 3.8) is 0 Å². The van der Waals surface area contributed by atoms with Crippen molar-refractivity contribution >= 4 is 22.8 Å². The summed E-state index contributed by atoms with van der Waals surface area (Å²) in [6, 6.07) is 11.0. The molecule has 0 radical (unpaired) electrons. The van der Waals surface area contributed by atoms with Crippen molar-refractivity contribution in [2.75, 3.05) is 0 Å². The summed E-state index contributed by atoms with van der Waals surface area (Å²) >= 11 is 0. The van der Waals surface area contributed by atoms with Crippen LogP contribution in [0.3, 0.4) is 0 Å². The average Bonchev–Trinajstić information content (AvgIpc) is 2.27. The van der Waals surface area contributed by atoms with Gasteiger partial charge < -0.3 is 10.8 Å². The zero-order chi connectivity index (χ0) is 11.5. The van der Waals surface area contributed by atoms with E-state index in [2.05, 4.69) is 0 Å². The maximum absolute atomic E-state index is 10.7. The molecule has 0 aromatic heterocycles. The summed E-state index contributed by atoms with van der Waals surface area (Å²) in [7, 11) is 0. The first-order valence-corrected chi connectivity index (χ1v) is 4.87. The maximum atomic E-state index is 10.7. The van der Waals surface area contributed by atoms with Crippen molar-refractivity contribution < 1.29 is 9.90 Å². The van der Waals surface area contributed by atoms with Crippen molar-refractivity contribution in [1.82, 2.24) is 0 Å². The normalized spacial score (nSPS) is 11.0. The first-order chi connectivity index (χ1) is 7.68. The number of phenolic OH excluding ortho intramolecular Hbond substituents is 1. The van der Waals surface area contributed by atoms with Crippen LogP contribution in [0.25, 0.3) is 16.8 Å². The lowest BCUT2D eigenvalue weighted by Crippen LogP contribution is -2.05. The number of primary amides is 1. The molecule has 3 heteroatoms. The Kier molecular flexibility index (Phi) is 2.60. The molecule has 16 heavy (non-hydrogen) atoms. The molecule has 2 aromatic carbocycles. The maximum Gasteiger partial charge on any atom is 0.241 e. The second-order valence-electron chi connectivity index (χ2n) is 3.46. The van der Waals surface area contributed by atoms with Gasteiger partial charge in [-0.05, 0) is 22.9 Å². The zero-order valence-electron chi connectivity index (χ0n) is 8.55. The summed E-state index contributed by atoms with van der Waals surface area (Å²) < 4.78 is 0. The number of carbonyl (C=O) groups is 1. The fraction of sp³-hybridized carbons (Fsp3) is 0. The Labute approximate surface area is 92.8 Å². The summed E-state index contributed by atoms with van der Waals surface area (Å²) in [5.74, 6) is -0.400. The Morgan fingerprint density at radius 1 is 1.19 bits per heavy atom. The monoisotopic (exact) mass is 213 g/mol. The molecule has 0 saturated heterocycles. The number of hydrogen-bond acceptors (Lipinski definition) is 2. The quantitative estimate of drug-likeness (QED) is 0.750. The predicted octanol–water partition coefficient (Wildman–Crippen LogP) is 2.04. The van der Waals surface area contributed by atoms with Gasteiger partial charge in [-0.3, -0.25) is 4.79 Å². The van der Waals surface area contributed by atoms with E-state index in [1.165, 1.54) is 12.2 Å². The topological polar surface area (TPSA) is 63.3 Å². The van der Waals surface area contributed by atoms with Crippen LogP contribution in [0.5, 0.6) is 5.75 Å². The minimum atomic E-state index is -0.535. The molecular formula is C13H11NO2. The van der Waals surface area contributed by atoms with Crippen molar-refractivity contribution in [3.05, 3.63) is 48.0 Å². The number of aromatic hydroxyl groups is 1. The Morgan fingerprint density at radius 2 is 1.94 bits per heavy atom. The number of rotatable bonds is 2. The van der Waals surface area contributed by atoms with Gasteiger partial charge in [0.1, 0.15) is 5.75 Å². The van der Waals surface area contributed by atoms with Gasteiger partial charge >= 0.3 is 0 Å². The van der Waals surface area contributed by atoms with Gasteiger partial charge in [-0.1, -0.05) is 30.3 Å². The first kappa shape index (κ1) is 10.2. The smallest absolute Gasteiger partial charge is 0.241 e. The van der Waals surface area contributed by atoms with Crippen LogP contribution in [-0.2, 0) is 4.79 Å². The molecule has 3 nitrogen and oxygen atoms in total. The van der Waals surface area contributed by atoms with Crippen molar-refractivity contribution in [3.8, 4) is 5.75 Å². The van der Waals surface area contributed by atoms with E-state index in [4.69, 9.17) is 5.73 Å². The van der Waals surface area contributed by atoms with Crippen LogP contribution in [0.1, 0.15) is 5.56 Å². The molecule has 0 fully saturated rings. The lowest BCUT2D eigenvalue weighted by Gasteiger charge is -2.04. The second-order valence-corrected chi connectivity index (χ2v) is 3.46. The molecule has 0 atom stereocenters. The number of phenols is 1. The van der Waals surface area contributed by atoms with E-state index in [1.807, 2.05) is 30.3 Å². The Bertz CT molecular complexity index is 573. The number of fused-ring (bicyclic) bond motifs is 1. The fourth-order valence-corrected chi connectivity index (χ4v) is 1.62. The van der Waals surface area contributed by atoms with E-state index in [-0.39, 0.29) is 5.75 Å². The second kappa shape index (κ2) is 4.06. The lowest BCUT2D eigenvalue weighted by molar-refractivity contribution is -0.113. The molecule has 80 valence electrons. The van der Waals surface area contributed by atoms with Gasteiger partial charge in [-0.2, -0.15) is 0 Å². The van der Waals surface area contributed by atoms with Crippen LogP contribution in [-0.4, -0.2) is 11.0 Å². The molecule has 0 saturated carbocycles. The van der Waals surface area contributed by atoms with E-state index in [9.17, 15) is 9.90 Å². The van der Waals surface area contributed by atoms with Gasteiger partial charge in [-0.15, -0.1) is 0 Å². The largest absolute Gasteiger partial charge is 0.507 e. The highest BCUT2D eigenvalue weighted by Crippen LogP contribution is 2.27. The van der Waals surface area contributed by atoms with E-state index in [0.717, 1.165) is 10.8 Å². The Balaban J connectivity index is 2.66. The van der Waals surface area contributed by atoms with E-state index < -0.39 is 5.91 Å². The average molecular weight is 213 g/mol. The third kappa shape index (κ3) is 1.88. The molecule has 0 bridgehead atoms. The van der Waals surface area contributed by atoms with Gasteiger partial charge in [0.25, 0.3) is 0 Å². The molecule has 0 aliphatic carbocycles. The van der Waals surface area contributed by atoms with E-state index >= 15 is 0 Å².